The fourth-order valence-corrected chi connectivity index (χ4v) is 3.84. The Bertz CT molecular complexity index is 1110. The summed E-state index contributed by atoms with van der Waals surface area (Å²) in [6.45, 7) is 4.30. The van der Waals surface area contributed by atoms with E-state index < -0.39 is 10.0 Å². The number of hydrogen-bond donors (Lipinski definition) is 1. The second kappa shape index (κ2) is 9.15. The summed E-state index contributed by atoms with van der Waals surface area (Å²) < 4.78 is 26.5. The number of carbonyl (C=O) groups excluding carboxylic acids is 1. The Hall–Kier alpha value is -3.10. The van der Waals surface area contributed by atoms with Gasteiger partial charge in [0.1, 0.15) is 5.82 Å². The number of hydrogen-bond acceptors (Lipinski definition) is 5. The molecular formula is C22H24N4O3S. The van der Waals surface area contributed by atoms with E-state index >= 15 is 0 Å². The normalized spacial score (nSPS) is 11.5. The van der Waals surface area contributed by atoms with Crippen LogP contribution in [0.1, 0.15) is 32.9 Å². The molecule has 0 saturated heterocycles. The summed E-state index contributed by atoms with van der Waals surface area (Å²) in [4.78, 5) is 20.8. The molecule has 156 valence electrons. The average Bonchev–Trinajstić information content (AvgIpc) is 2.74. The molecule has 0 radical (unpaired) electrons. The summed E-state index contributed by atoms with van der Waals surface area (Å²) in [7, 11) is -2.18. The Morgan fingerprint density at radius 1 is 0.933 bits per heavy atom. The molecule has 30 heavy (non-hydrogen) atoms. The van der Waals surface area contributed by atoms with Crippen LogP contribution in [0.3, 0.4) is 0 Å². The van der Waals surface area contributed by atoms with Crippen LogP contribution in [0.2, 0.25) is 0 Å². The first-order valence-corrected chi connectivity index (χ1v) is 10.9. The molecule has 0 fully saturated rings. The number of carbonyl (C=O) groups is 1. The number of benzene rings is 2. The second-order valence-electron chi connectivity index (χ2n) is 7.13. The second-order valence-corrected chi connectivity index (χ2v) is 9.18. The third-order valence-electron chi connectivity index (χ3n) is 4.63. The smallest absolute Gasteiger partial charge is 0.254 e. The minimum absolute atomic E-state index is 0.00146. The largest absolute Gasteiger partial charge is 0.348 e. The van der Waals surface area contributed by atoms with Gasteiger partial charge in [-0.05, 0) is 31.5 Å². The molecule has 0 saturated carbocycles. The minimum Gasteiger partial charge on any atom is -0.348 e. The van der Waals surface area contributed by atoms with Crippen LogP contribution in [-0.4, -0.2) is 35.6 Å². The van der Waals surface area contributed by atoms with Gasteiger partial charge in [-0.3, -0.25) is 4.79 Å². The lowest BCUT2D eigenvalue weighted by Crippen LogP contribution is -2.28. The molecule has 2 aromatic carbocycles. The Morgan fingerprint density at radius 2 is 1.47 bits per heavy atom. The monoisotopic (exact) mass is 424 g/mol. The first-order chi connectivity index (χ1) is 14.3. The zero-order valence-electron chi connectivity index (χ0n) is 17.2. The third kappa shape index (κ3) is 5.28. The maximum Gasteiger partial charge on any atom is 0.254 e. The molecular weight excluding hydrogens is 400 g/mol. The maximum atomic E-state index is 12.7. The molecule has 1 amide bonds. The fraction of sp³-hybridized carbons (Fsp3) is 0.227. The number of nitrogens with one attached hydrogen (secondary N) is 1. The van der Waals surface area contributed by atoms with Gasteiger partial charge < -0.3 is 5.32 Å². The number of sulfonamides is 1. The molecule has 0 unspecified atom stereocenters. The highest BCUT2D eigenvalue weighted by atomic mass is 32.2. The van der Waals surface area contributed by atoms with E-state index in [-0.39, 0.29) is 17.3 Å². The topological polar surface area (TPSA) is 92.3 Å². The lowest BCUT2D eigenvalue weighted by Gasteiger charge is -2.16. The summed E-state index contributed by atoms with van der Waals surface area (Å²) in [6, 6.07) is 14.5. The Kier molecular flexibility index (Phi) is 6.59. The Labute approximate surface area is 176 Å². The van der Waals surface area contributed by atoms with Crippen LogP contribution in [0.25, 0.3) is 0 Å². The van der Waals surface area contributed by atoms with E-state index in [0.717, 1.165) is 16.7 Å². The van der Waals surface area contributed by atoms with E-state index in [1.54, 1.807) is 24.3 Å². The van der Waals surface area contributed by atoms with Gasteiger partial charge in [-0.1, -0.05) is 47.5 Å². The highest BCUT2D eigenvalue weighted by Gasteiger charge is 2.21. The lowest BCUT2D eigenvalue weighted by atomic mass is 10.1. The molecule has 1 heterocycles. The molecule has 1 aromatic heterocycles. The van der Waals surface area contributed by atoms with Gasteiger partial charge in [0.05, 0.1) is 17.0 Å². The zero-order valence-corrected chi connectivity index (χ0v) is 18.0. The van der Waals surface area contributed by atoms with Crippen molar-refractivity contribution in [3.63, 3.8) is 0 Å². The van der Waals surface area contributed by atoms with Gasteiger partial charge in [-0.25, -0.2) is 18.4 Å². The van der Waals surface area contributed by atoms with Crippen LogP contribution in [0, 0.1) is 13.8 Å². The van der Waals surface area contributed by atoms with E-state index in [2.05, 4.69) is 15.3 Å². The van der Waals surface area contributed by atoms with Gasteiger partial charge in [0.15, 0.2) is 0 Å². The van der Waals surface area contributed by atoms with Crippen molar-refractivity contribution >= 4 is 15.9 Å². The molecule has 3 aromatic rings. The average molecular weight is 425 g/mol. The van der Waals surface area contributed by atoms with Crippen molar-refractivity contribution in [2.75, 3.05) is 7.05 Å². The Balaban J connectivity index is 1.61. The summed E-state index contributed by atoms with van der Waals surface area (Å²) in [5.74, 6) is 0.0195. The van der Waals surface area contributed by atoms with E-state index in [9.17, 15) is 13.2 Å². The van der Waals surface area contributed by atoms with Crippen LogP contribution in [0.4, 0.5) is 0 Å². The van der Waals surface area contributed by atoms with Crippen LogP contribution in [0.5, 0.6) is 0 Å². The van der Waals surface area contributed by atoms with Crippen molar-refractivity contribution in [2.45, 2.75) is 31.8 Å². The van der Waals surface area contributed by atoms with Crippen molar-refractivity contribution < 1.29 is 13.2 Å². The summed E-state index contributed by atoms with van der Waals surface area (Å²) in [5, 5.41) is 2.82. The highest BCUT2D eigenvalue weighted by molar-refractivity contribution is 7.89. The first kappa shape index (κ1) is 21.6. The van der Waals surface area contributed by atoms with Gasteiger partial charge in [0, 0.05) is 26.0 Å². The summed E-state index contributed by atoms with van der Waals surface area (Å²) in [5.41, 5.74) is 3.45. The summed E-state index contributed by atoms with van der Waals surface area (Å²) in [6.07, 6.45) is 2.80. The number of aromatic nitrogens is 2. The maximum absolute atomic E-state index is 12.7. The SMILES string of the molecule is Cc1ccc(CNC(=O)c2cnc(CN(C)S(=O)(=O)c3ccc(C)cc3)nc2)cc1. The van der Waals surface area contributed by atoms with Crippen LogP contribution < -0.4 is 5.32 Å². The molecule has 1 N–H and O–H groups in total. The molecule has 0 aliphatic rings. The summed E-state index contributed by atoms with van der Waals surface area (Å²) >= 11 is 0. The van der Waals surface area contributed by atoms with Gasteiger partial charge >= 0.3 is 0 Å². The van der Waals surface area contributed by atoms with Crippen molar-refractivity contribution in [3.8, 4) is 0 Å². The van der Waals surface area contributed by atoms with Gasteiger partial charge in [-0.15, -0.1) is 0 Å². The minimum atomic E-state index is -3.65. The molecule has 0 aliphatic heterocycles. The molecule has 3 rings (SSSR count). The fourth-order valence-electron chi connectivity index (χ4n) is 2.72. The van der Waals surface area contributed by atoms with Gasteiger partial charge in [0.25, 0.3) is 5.91 Å². The predicted octanol–water partition coefficient (Wildman–Crippen LogP) is 2.84. The standard InChI is InChI=1S/C22H24N4O3S/c1-16-4-8-18(9-5-16)12-25-22(27)19-13-23-21(24-14-19)15-26(3)30(28,29)20-10-6-17(2)7-11-20/h4-11,13-14H,12,15H2,1-3H3,(H,25,27). The van der Waals surface area contributed by atoms with Crippen molar-refractivity contribution in [2.24, 2.45) is 0 Å². The molecule has 0 spiro atoms. The van der Waals surface area contributed by atoms with Crippen LogP contribution in [-0.2, 0) is 23.1 Å². The number of rotatable bonds is 7. The molecule has 7 nitrogen and oxygen atoms in total. The van der Waals surface area contributed by atoms with E-state index in [1.807, 2.05) is 38.1 Å². The lowest BCUT2D eigenvalue weighted by molar-refractivity contribution is 0.0950. The van der Waals surface area contributed by atoms with Gasteiger partial charge in [0.2, 0.25) is 10.0 Å². The molecule has 0 atom stereocenters. The highest BCUT2D eigenvalue weighted by Crippen LogP contribution is 2.16. The zero-order chi connectivity index (χ0) is 21.7. The quantitative estimate of drug-likeness (QED) is 0.630. The van der Waals surface area contributed by atoms with Gasteiger partial charge in [-0.2, -0.15) is 4.31 Å². The first-order valence-electron chi connectivity index (χ1n) is 9.43. The van der Waals surface area contributed by atoms with E-state index in [1.165, 1.54) is 23.7 Å². The van der Waals surface area contributed by atoms with Crippen molar-refractivity contribution in [3.05, 3.63) is 89.0 Å². The molecule has 0 aliphatic carbocycles. The van der Waals surface area contributed by atoms with E-state index in [4.69, 9.17) is 0 Å². The van der Waals surface area contributed by atoms with Crippen LogP contribution in [0.15, 0.2) is 65.8 Å². The number of amides is 1. The van der Waals surface area contributed by atoms with Crippen LogP contribution >= 0.6 is 0 Å². The number of nitrogens with zero attached hydrogens (tertiary/aromatic N) is 3. The predicted molar refractivity (Wildman–Crippen MR) is 114 cm³/mol. The molecule has 0 bridgehead atoms. The number of aryl methyl sites for hydroxylation is 2. The Morgan fingerprint density at radius 3 is 2.03 bits per heavy atom. The van der Waals surface area contributed by atoms with E-state index in [0.29, 0.717) is 17.9 Å². The third-order valence-corrected chi connectivity index (χ3v) is 6.45. The van der Waals surface area contributed by atoms with Crippen molar-refractivity contribution in [1.82, 2.24) is 19.6 Å². The van der Waals surface area contributed by atoms with Crippen molar-refractivity contribution in [1.29, 1.82) is 0 Å². The molecule has 8 heteroatoms.